The zero-order valence-corrected chi connectivity index (χ0v) is 14.2. The van der Waals surface area contributed by atoms with E-state index in [0.717, 1.165) is 29.7 Å². The van der Waals surface area contributed by atoms with Gasteiger partial charge >= 0.3 is 0 Å². The van der Waals surface area contributed by atoms with Crippen LogP contribution in [0.15, 0.2) is 53.7 Å². The lowest BCUT2D eigenvalue weighted by Gasteiger charge is -2.29. The van der Waals surface area contributed by atoms with Crippen molar-refractivity contribution in [2.75, 3.05) is 17.7 Å². The van der Waals surface area contributed by atoms with E-state index in [1.165, 1.54) is 12.3 Å². The minimum absolute atomic E-state index is 0.119. The summed E-state index contributed by atoms with van der Waals surface area (Å²) in [5, 5.41) is 0. The molecule has 1 aliphatic heterocycles. The van der Waals surface area contributed by atoms with Crippen molar-refractivity contribution in [1.82, 2.24) is 4.98 Å². The van der Waals surface area contributed by atoms with E-state index < -0.39 is 9.84 Å². The summed E-state index contributed by atoms with van der Waals surface area (Å²) in [5.74, 6) is -0.119. The number of nitrogens with zero attached hydrogens (tertiary/aromatic N) is 2. The summed E-state index contributed by atoms with van der Waals surface area (Å²) < 4.78 is 23.4. The average Bonchev–Trinajstić information content (AvgIpc) is 2.58. The van der Waals surface area contributed by atoms with Crippen LogP contribution in [0.5, 0.6) is 0 Å². The number of rotatable bonds is 3. The summed E-state index contributed by atoms with van der Waals surface area (Å²) in [7, 11) is -3.24. The first-order chi connectivity index (χ1) is 11.4. The molecule has 5 nitrogen and oxygen atoms in total. The first kappa shape index (κ1) is 16.4. The maximum absolute atomic E-state index is 12.5. The van der Waals surface area contributed by atoms with E-state index in [4.69, 9.17) is 0 Å². The van der Waals surface area contributed by atoms with Crippen molar-refractivity contribution in [3.05, 3.63) is 59.9 Å². The highest BCUT2D eigenvalue weighted by Crippen LogP contribution is 2.29. The number of fused-ring (bicyclic) bond motifs is 1. The Morgan fingerprint density at radius 3 is 2.83 bits per heavy atom. The van der Waals surface area contributed by atoms with Crippen LogP contribution in [-0.2, 0) is 21.1 Å². The average molecular weight is 342 g/mol. The van der Waals surface area contributed by atoms with Crippen molar-refractivity contribution in [2.45, 2.75) is 17.7 Å². The molecule has 3 rings (SSSR count). The second kappa shape index (κ2) is 6.57. The number of hydrogen-bond donors (Lipinski definition) is 0. The smallest absolute Gasteiger partial charge is 0.250 e. The van der Waals surface area contributed by atoms with Gasteiger partial charge in [-0.1, -0.05) is 6.07 Å². The second-order valence-corrected chi connectivity index (χ2v) is 7.79. The van der Waals surface area contributed by atoms with Crippen molar-refractivity contribution in [3.63, 3.8) is 0 Å². The molecule has 0 saturated heterocycles. The van der Waals surface area contributed by atoms with E-state index in [1.807, 2.05) is 12.1 Å². The summed E-state index contributed by atoms with van der Waals surface area (Å²) in [6, 6.07) is 8.65. The lowest BCUT2D eigenvalue weighted by Crippen LogP contribution is -2.34. The van der Waals surface area contributed by atoms with Crippen molar-refractivity contribution in [3.8, 4) is 0 Å². The Labute approximate surface area is 141 Å². The van der Waals surface area contributed by atoms with Gasteiger partial charge in [0, 0.05) is 37.0 Å². The summed E-state index contributed by atoms with van der Waals surface area (Å²) >= 11 is 0. The van der Waals surface area contributed by atoms with Gasteiger partial charge in [0.2, 0.25) is 0 Å². The number of amides is 1. The monoisotopic (exact) mass is 342 g/mol. The molecule has 2 aromatic rings. The molecule has 0 N–H and O–H groups in total. The number of hydrogen-bond acceptors (Lipinski definition) is 4. The molecule has 124 valence electrons. The highest BCUT2D eigenvalue weighted by Gasteiger charge is 2.22. The van der Waals surface area contributed by atoms with Crippen molar-refractivity contribution in [2.24, 2.45) is 0 Å². The minimum Gasteiger partial charge on any atom is -0.309 e. The molecule has 0 bridgehead atoms. The van der Waals surface area contributed by atoms with Crippen molar-refractivity contribution < 1.29 is 13.2 Å². The van der Waals surface area contributed by atoms with Gasteiger partial charge in [0.1, 0.15) is 0 Å². The van der Waals surface area contributed by atoms with E-state index in [0.29, 0.717) is 11.4 Å². The summed E-state index contributed by atoms with van der Waals surface area (Å²) in [4.78, 5) is 18.5. The SMILES string of the molecule is CS(=O)(=O)c1ccc2c(c1)CCCN2C(=O)C=Cc1cccnc1. The lowest BCUT2D eigenvalue weighted by atomic mass is 10.0. The van der Waals surface area contributed by atoms with Crippen LogP contribution in [0.1, 0.15) is 17.5 Å². The molecule has 0 aliphatic carbocycles. The molecule has 1 amide bonds. The fraction of sp³-hybridized carbons (Fsp3) is 0.222. The Hall–Kier alpha value is -2.47. The third-order valence-corrected chi connectivity index (χ3v) is 5.08. The molecule has 1 aliphatic rings. The first-order valence-electron chi connectivity index (χ1n) is 7.68. The molecule has 6 heteroatoms. The molecule has 1 aromatic carbocycles. The van der Waals surface area contributed by atoms with Crippen molar-refractivity contribution >= 4 is 27.5 Å². The van der Waals surface area contributed by atoms with E-state index in [2.05, 4.69) is 4.98 Å². The molecule has 0 radical (unpaired) electrons. The van der Waals surface area contributed by atoms with Gasteiger partial charge in [-0.05, 0) is 54.3 Å². The number of anilines is 1. The predicted octanol–water partition coefficient (Wildman–Crippen LogP) is 2.48. The first-order valence-corrected chi connectivity index (χ1v) is 9.57. The van der Waals surface area contributed by atoms with Crippen LogP contribution in [-0.4, -0.2) is 32.1 Å². The van der Waals surface area contributed by atoms with Gasteiger partial charge in [0.25, 0.3) is 5.91 Å². The Bertz CT molecular complexity index is 890. The van der Waals surface area contributed by atoms with Crippen LogP contribution in [0.3, 0.4) is 0 Å². The molecule has 24 heavy (non-hydrogen) atoms. The highest BCUT2D eigenvalue weighted by molar-refractivity contribution is 7.90. The van der Waals surface area contributed by atoms with E-state index in [1.54, 1.807) is 41.6 Å². The number of benzene rings is 1. The molecule has 2 heterocycles. The largest absolute Gasteiger partial charge is 0.309 e. The normalized spacial score (nSPS) is 14.6. The third kappa shape index (κ3) is 3.54. The quantitative estimate of drug-likeness (QED) is 0.804. The number of carbonyl (C=O) groups is 1. The number of aromatic nitrogens is 1. The molecule has 0 saturated carbocycles. The minimum atomic E-state index is -3.24. The van der Waals surface area contributed by atoms with Gasteiger partial charge in [0.15, 0.2) is 9.84 Å². The zero-order valence-electron chi connectivity index (χ0n) is 13.3. The van der Waals surface area contributed by atoms with Gasteiger partial charge < -0.3 is 4.90 Å². The molecular formula is C18H18N2O3S. The summed E-state index contributed by atoms with van der Waals surface area (Å²) in [6.07, 6.45) is 9.40. The molecule has 1 aromatic heterocycles. The van der Waals surface area contributed by atoms with Crippen LogP contribution in [0, 0.1) is 0 Å². The van der Waals surface area contributed by atoms with E-state index >= 15 is 0 Å². The Balaban J connectivity index is 1.87. The molecular weight excluding hydrogens is 324 g/mol. The van der Waals surface area contributed by atoms with E-state index in [9.17, 15) is 13.2 Å². The standard InChI is InChI=1S/C18H18N2O3S/c1-24(22,23)16-7-8-17-15(12-16)5-3-11-20(17)18(21)9-6-14-4-2-10-19-13-14/h2,4,6-10,12-13H,3,5,11H2,1H3. The van der Waals surface area contributed by atoms with Gasteiger partial charge in [0.05, 0.1) is 4.90 Å². The maximum atomic E-state index is 12.5. The lowest BCUT2D eigenvalue weighted by molar-refractivity contribution is -0.114. The van der Waals surface area contributed by atoms with Gasteiger partial charge in [-0.25, -0.2) is 8.42 Å². The van der Waals surface area contributed by atoms with Crippen LogP contribution in [0.4, 0.5) is 5.69 Å². The third-order valence-electron chi connectivity index (χ3n) is 3.97. The Kier molecular flexibility index (Phi) is 4.49. The fourth-order valence-electron chi connectivity index (χ4n) is 2.77. The Morgan fingerprint density at radius 1 is 1.29 bits per heavy atom. The Morgan fingerprint density at radius 2 is 2.12 bits per heavy atom. The molecule has 0 fully saturated rings. The maximum Gasteiger partial charge on any atom is 0.250 e. The number of aryl methyl sites for hydroxylation is 1. The topological polar surface area (TPSA) is 67.3 Å². The van der Waals surface area contributed by atoms with E-state index in [-0.39, 0.29) is 5.91 Å². The van der Waals surface area contributed by atoms with Gasteiger partial charge in [-0.2, -0.15) is 0 Å². The molecule has 0 atom stereocenters. The van der Waals surface area contributed by atoms with Gasteiger partial charge in [-0.3, -0.25) is 9.78 Å². The molecule has 0 spiro atoms. The predicted molar refractivity (Wildman–Crippen MR) is 93.5 cm³/mol. The number of sulfone groups is 1. The van der Waals surface area contributed by atoms with Crippen molar-refractivity contribution in [1.29, 1.82) is 0 Å². The van der Waals surface area contributed by atoms with Crippen LogP contribution < -0.4 is 4.90 Å². The second-order valence-electron chi connectivity index (χ2n) is 5.78. The van der Waals surface area contributed by atoms with Crippen LogP contribution in [0.25, 0.3) is 6.08 Å². The zero-order chi connectivity index (χ0) is 17.2. The fourth-order valence-corrected chi connectivity index (χ4v) is 3.44. The number of pyridine rings is 1. The van der Waals surface area contributed by atoms with Crippen LogP contribution >= 0.6 is 0 Å². The molecule has 0 unspecified atom stereocenters. The summed E-state index contributed by atoms with van der Waals surface area (Å²) in [6.45, 7) is 0.626. The van der Waals surface area contributed by atoms with Gasteiger partial charge in [-0.15, -0.1) is 0 Å². The summed E-state index contributed by atoms with van der Waals surface area (Å²) in [5.41, 5.74) is 2.54. The highest BCUT2D eigenvalue weighted by atomic mass is 32.2. The van der Waals surface area contributed by atoms with Crippen LogP contribution in [0.2, 0.25) is 0 Å². The number of carbonyl (C=O) groups excluding carboxylic acids is 1.